The first-order valence-corrected chi connectivity index (χ1v) is 9.62. The molecule has 1 aromatic carbocycles. The molecule has 0 unspecified atom stereocenters. The van der Waals surface area contributed by atoms with Gasteiger partial charge in [0.2, 0.25) is 0 Å². The van der Waals surface area contributed by atoms with Crippen molar-refractivity contribution in [3.63, 3.8) is 0 Å². The standard InChI is InChI=1S/C17H23NO4S/c1-23(22)12-13-5-4-6-14(11-13)17(21)18-10-3-2-7-15(18)8-9-16(19)20/h4-6,11,15H,2-3,7-10,12H2,1H3,(H,19,20)/t15-,23-/m0/s1. The Kier molecular flexibility index (Phi) is 6.33. The van der Waals surface area contributed by atoms with Gasteiger partial charge in [-0.1, -0.05) is 12.1 Å². The summed E-state index contributed by atoms with van der Waals surface area (Å²) in [6.45, 7) is 0.674. The number of carboxylic acids is 1. The number of hydrogen-bond acceptors (Lipinski definition) is 3. The summed E-state index contributed by atoms with van der Waals surface area (Å²) in [6.07, 6.45) is 5.07. The van der Waals surface area contributed by atoms with Crippen LogP contribution in [0.25, 0.3) is 0 Å². The van der Waals surface area contributed by atoms with Crippen molar-refractivity contribution in [3.05, 3.63) is 35.4 Å². The molecule has 1 N–H and O–H groups in total. The van der Waals surface area contributed by atoms with E-state index in [1.165, 1.54) is 0 Å². The number of rotatable bonds is 6. The van der Waals surface area contributed by atoms with Crippen molar-refractivity contribution in [1.29, 1.82) is 0 Å². The van der Waals surface area contributed by atoms with Gasteiger partial charge >= 0.3 is 5.97 Å². The van der Waals surface area contributed by atoms with Crippen molar-refractivity contribution < 1.29 is 18.9 Å². The molecule has 23 heavy (non-hydrogen) atoms. The van der Waals surface area contributed by atoms with Crippen molar-refractivity contribution in [2.45, 2.75) is 43.9 Å². The lowest BCUT2D eigenvalue weighted by molar-refractivity contribution is -0.137. The largest absolute Gasteiger partial charge is 0.481 e. The van der Waals surface area contributed by atoms with Crippen LogP contribution in [0.3, 0.4) is 0 Å². The lowest BCUT2D eigenvalue weighted by Gasteiger charge is -2.35. The summed E-state index contributed by atoms with van der Waals surface area (Å²) in [5.41, 5.74) is 1.48. The monoisotopic (exact) mass is 337 g/mol. The van der Waals surface area contributed by atoms with Gasteiger partial charge in [-0.25, -0.2) is 0 Å². The first kappa shape index (κ1) is 17.7. The van der Waals surface area contributed by atoms with Crippen molar-refractivity contribution in [3.8, 4) is 0 Å². The van der Waals surface area contributed by atoms with Gasteiger partial charge in [0.15, 0.2) is 0 Å². The fraction of sp³-hybridized carbons (Fsp3) is 0.529. The van der Waals surface area contributed by atoms with Gasteiger partial charge in [0.1, 0.15) is 0 Å². The van der Waals surface area contributed by atoms with Crippen LogP contribution in [0.4, 0.5) is 0 Å². The molecular formula is C17H23NO4S. The number of hydrogen-bond donors (Lipinski definition) is 1. The highest BCUT2D eigenvalue weighted by Gasteiger charge is 2.27. The van der Waals surface area contributed by atoms with E-state index in [9.17, 15) is 13.8 Å². The highest BCUT2D eigenvalue weighted by Crippen LogP contribution is 2.23. The molecule has 1 heterocycles. The average molecular weight is 337 g/mol. The van der Waals surface area contributed by atoms with E-state index in [2.05, 4.69) is 0 Å². The van der Waals surface area contributed by atoms with Crippen molar-refractivity contribution in [2.24, 2.45) is 0 Å². The first-order chi connectivity index (χ1) is 11.0. The second-order valence-corrected chi connectivity index (χ2v) is 7.43. The van der Waals surface area contributed by atoms with Crippen molar-refractivity contribution >= 4 is 22.7 Å². The lowest BCUT2D eigenvalue weighted by Crippen LogP contribution is -2.44. The normalized spacial score (nSPS) is 19.3. The highest BCUT2D eigenvalue weighted by atomic mass is 32.2. The molecular weight excluding hydrogens is 314 g/mol. The van der Waals surface area contributed by atoms with E-state index in [1.807, 2.05) is 17.0 Å². The topological polar surface area (TPSA) is 74.7 Å². The molecule has 1 aliphatic heterocycles. The molecule has 126 valence electrons. The van der Waals surface area contributed by atoms with E-state index in [0.29, 0.717) is 24.3 Å². The van der Waals surface area contributed by atoms with Gasteiger partial charge in [-0.3, -0.25) is 13.8 Å². The maximum absolute atomic E-state index is 12.8. The molecule has 0 spiro atoms. The number of likely N-dealkylation sites (tertiary alicyclic amines) is 1. The minimum Gasteiger partial charge on any atom is -0.481 e. The molecule has 6 heteroatoms. The first-order valence-electron chi connectivity index (χ1n) is 7.89. The van der Waals surface area contributed by atoms with Crippen LogP contribution in [0, 0.1) is 0 Å². The fourth-order valence-corrected chi connectivity index (χ4v) is 3.70. The maximum Gasteiger partial charge on any atom is 0.303 e. The van der Waals surface area contributed by atoms with Gasteiger partial charge in [-0.15, -0.1) is 0 Å². The quantitative estimate of drug-likeness (QED) is 0.865. The van der Waals surface area contributed by atoms with Gasteiger partial charge < -0.3 is 10.0 Å². The van der Waals surface area contributed by atoms with Crippen LogP contribution in [-0.4, -0.2) is 44.9 Å². The smallest absolute Gasteiger partial charge is 0.303 e. The lowest BCUT2D eigenvalue weighted by atomic mass is 9.96. The Morgan fingerprint density at radius 2 is 2.13 bits per heavy atom. The minimum absolute atomic E-state index is 0.00341. The summed E-state index contributed by atoms with van der Waals surface area (Å²) >= 11 is 0. The molecule has 1 aromatic rings. The van der Waals surface area contributed by atoms with E-state index in [4.69, 9.17) is 5.11 Å². The van der Waals surface area contributed by atoms with E-state index in [0.717, 1.165) is 24.8 Å². The van der Waals surface area contributed by atoms with Gasteiger partial charge in [-0.2, -0.15) is 0 Å². The number of aliphatic carboxylic acids is 1. The van der Waals surface area contributed by atoms with Crippen LogP contribution in [-0.2, 0) is 21.3 Å². The molecule has 0 aliphatic carbocycles. The van der Waals surface area contributed by atoms with Crippen LogP contribution in [0.15, 0.2) is 24.3 Å². The third-order valence-corrected chi connectivity index (χ3v) is 4.86. The van der Waals surface area contributed by atoms with Crippen LogP contribution in [0.2, 0.25) is 0 Å². The SMILES string of the molecule is C[S@](=O)Cc1cccc(C(=O)N2CCCC[C@H]2CCC(=O)O)c1. The Balaban J connectivity index is 2.13. The molecule has 2 atom stereocenters. The molecule has 0 bridgehead atoms. The molecule has 0 aromatic heterocycles. The number of nitrogens with zero attached hydrogens (tertiary/aromatic N) is 1. The van der Waals surface area contributed by atoms with Gasteiger partial charge in [0.05, 0.1) is 0 Å². The number of piperidine rings is 1. The fourth-order valence-electron chi connectivity index (χ4n) is 3.05. The number of carboxylic acid groups (broad SMARTS) is 1. The molecule has 1 fully saturated rings. The van der Waals surface area contributed by atoms with E-state index >= 15 is 0 Å². The summed E-state index contributed by atoms with van der Waals surface area (Å²) < 4.78 is 11.4. The van der Waals surface area contributed by atoms with Crippen molar-refractivity contribution in [2.75, 3.05) is 12.8 Å². The van der Waals surface area contributed by atoms with Crippen LogP contribution < -0.4 is 0 Å². The van der Waals surface area contributed by atoms with Crippen LogP contribution >= 0.6 is 0 Å². The summed E-state index contributed by atoms with van der Waals surface area (Å²) in [5, 5.41) is 8.87. The molecule has 1 amide bonds. The molecule has 2 rings (SSSR count). The number of carbonyl (C=O) groups is 2. The molecule has 1 saturated heterocycles. The van der Waals surface area contributed by atoms with Crippen LogP contribution in [0.5, 0.6) is 0 Å². The van der Waals surface area contributed by atoms with Crippen molar-refractivity contribution in [1.82, 2.24) is 4.90 Å². The Labute approximate surface area is 139 Å². The molecule has 1 aliphatic rings. The number of carbonyl (C=O) groups excluding carboxylic acids is 1. The summed E-state index contributed by atoms with van der Waals surface area (Å²) in [5.74, 6) is -0.442. The van der Waals surface area contributed by atoms with Gasteiger partial charge in [0.25, 0.3) is 5.91 Å². The van der Waals surface area contributed by atoms with Crippen LogP contribution in [0.1, 0.15) is 48.0 Å². The number of benzene rings is 1. The van der Waals surface area contributed by atoms with E-state index < -0.39 is 16.8 Å². The second-order valence-electron chi connectivity index (χ2n) is 6.00. The third-order valence-electron chi connectivity index (χ3n) is 4.12. The minimum atomic E-state index is -0.948. The Morgan fingerprint density at radius 1 is 1.35 bits per heavy atom. The Bertz CT molecular complexity index is 602. The number of amides is 1. The third kappa shape index (κ3) is 5.16. The maximum atomic E-state index is 12.8. The summed E-state index contributed by atoms with van der Waals surface area (Å²) in [7, 11) is -0.948. The second kappa shape index (κ2) is 8.24. The average Bonchev–Trinajstić information content (AvgIpc) is 2.52. The van der Waals surface area contributed by atoms with Gasteiger partial charge in [0, 0.05) is 47.4 Å². The van der Waals surface area contributed by atoms with Gasteiger partial charge in [-0.05, 0) is 43.4 Å². The predicted octanol–water partition coefficient (Wildman–Crippen LogP) is 2.42. The molecule has 0 saturated carbocycles. The Hall–Kier alpha value is -1.69. The molecule has 5 nitrogen and oxygen atoms in total. The van der Waals surface area contributed by atoms with E-state index in [-0.39, 0.29) is 18.4 Å². The zero-order valence-electron chi connectivity index (χ0n) is 13.4. The summed E-state index contributed by atoms with van der Waals surface area (Å²) in [6, 6.07) is 7.25. The Morgan fingerprint density at radius 3 is 2.83 bits per heavy atom. The summed E-state index contributed by atoms with van der Waals surface area (Å²) in [4.78, 5) is 25.4. The zero-order valence-corrected chi connectivity index (χ0v) is 14.2. The highest BCUT2D eigenvalue weighted by molar-refractivity contribution is 7.83. The predicted molar refractivity (Wildman–Crippen MR) is 89.8 cm³/mol. The van der Waals surface area contributed by atoms with E-state index in [1.54, 1.807) is 18.4 Å². The molecule has 0 radical (unpaired) electrons. The zero-order chi connectivity index (χ0) is 16.8.